The number of carbonyl (C=O) groups is 1. The fourth-order valence-electron chi connectivity index (χ4n) is 3.33. The summed E-state index contributed by atoms with van der Waals surface area (Å²) in [4.78, 5) is 11.5. The van der Waals surface area contributed by atoms with Gasteiger partial charge in [0.1, 0.15) is 5.82 Å². The van der Waals surface area contributed by atoms with E-state index in [1.165, 1.54) is 7.11 Å². The molecule has 0 radical (unpaired) electrons. The number of rotatable bonds is 9. The predicted molar refractivity (Wildman–Crippen MR) is 108 cm³/mol. The Morgan fingerprint density at radius 1 is 1.30 bits per heavy atom. The molecule has 144 valence electrons. The first-order valence-corrected chi connectivity index (χ1v) is 9.29. The molecule has 2 rings (SSSR count). The van der Waals surface area contributed by atoms with Crippen LogP contribution in [0, 0.1) is 12.7 Å². The lowest BCUT2D eigenvalue weighted by Gasteiger charge is -2.16. The number of nitrogens with two attached hydrogens (primary N) is 1. The number of unbranched alkanes of at least 4 members (excludes halogenated alkanes) is 2. The Balaban J connectivity index is 2.35. The van der Waals surface area contributed by atoms with Gasteiger partial charge in [-0.3, -0.25) is 4.79 Å². The molecule has 0 heterocycles. The Morgan fingerprint density at radius 3 is 2.78 bits per heavy atom. The Bertz CT molecular complexity index is 801. The zero-order chi connectivity index (χ0) is 19.8. The number of carbonyl (C=O) groups excluding carboxylic acids is 1. The molecule has 0 amide bonds. The van der Waals surface area contributed by atoms with Gasteiger partial charge in [-0.1, -0.05) is 24.3 Å². The first kappa shape index (κ1) is 20.8. The summed E-state index contributed by atoms with van der Waals surface area (Å²) < 4.78 is 18.7. The van der Waals surface area contributed by atoms with Crippen LogP contribution in [0.1, 0.15) is 48.4 Å². The van der Waals surface area contributed by atoms with Crippen molar-refractivity contribution in [3.8, 4) is 11.1 Å². The van der Waals surface area contributed by atoms with Crippen LogP contribution in [0.15, 0.2) is 49.1 Å². The van der Waals surface area contributed by atoms with Crippen LogP contribution in [0.25, 0.3) is 11.1 Å². The molecule has 0 aliphatic carbocycles. The summed E-state index contributed by atoms with van der Waals surface area (Å²) in [5.74, 6) is -0.553. The van der Waals surface area contributed by atoms with Gasteiger partial charge in [-0.2, -0.15) is 0 Å². The first-order chi connectivity index (χ1) is 13.0. The third-order valence-corrected chi connectivity index (χ3v) is 4.70. The van der Waals surface area contributed by atoms with Crippen LogP contribution < -0.4 is 5.73 Å². The number of ether oxygens (including phenoxy) is 1. The van der Waals surface area contributed by atoms with Gasteiger partial charge >= 0.3 is 5.97 Å². The standard InChI is InChI=1S/C23H28FNO2/c1-4-5-6-7-9-19-14-20(24)12-16(2)23(19)18-11-8-10-17(13-18)21(25)15-22(26)27-3/h4,8,10-14,21H,1,5-7,9,15,25H2,2-3H3/t21-/m0/s1. The predicted octanol–water partition coefficient (Wildman–Crippen LogP) is 5.26. The van der Waals surface area contributed by atoms with Crippen LogP contribution in [-0.2, 0) is 16.0 Å². The van der Waals surface area contributed by atoms with Crippen LogP contribution in [0.3, 0.4) is 0 Å². The largest absolute Gasteiger partial charge is 0.469 e. The van der Waals surface area contributed by atoms with Gasteiger partial charge in [-0.05, 0) is 78.6 Å². The van der Waals surface area contributed by atoms with Gasteiger partial charge in [0.2, 0.25) is 0 Å². The first-order valence-electron chi connectivity index (χ1n) is 9.29. The summed E-state index contributed by atoms with van der Waals surface area (Å²) in [6.07, 6.45) is 5.80. The van der Waals surface area contributed by atoms with Crippen molar-refractivity contribution in [2.75, 3.05) is 7.11 Å². The van der Waals surface area contributed by atoms with Gasteiger partial charge in [-0.15, -0.1) is 6.58 Å². The van der Waals surface area contributed by atoms with Crippen LogP contribution in [0.4, 0.5) is 4.39 Å². The molecule has 1 atom stereocenters. The highest BCUT2D eigenvalue weighted by molar-refractivity contribution is 5.73. The number of aryl methyl sites for hydroxylation is 2. The highest BCUT2D eigenvalue weighted by atomic mass is 19.1. The topological polar surface area (TPSA) is 52.3 Å². The van der Waals surface area contributed by atoms with Crippen molar-refractivity contribution in [3.05, 3.63) is 71.6 Å². The van der Waals surface area contributed by atoms with Crippen LogP contribution in [0.5, 0.6) is 0 Å². The minimum atomic E-state index is -0.436. The molecule has 0 bridgehead atoms. The van der Waals surface area contributed by atoms with Crippen LogP contribution >= 0.6 is 0 Å². The van der Waals surface area contributed by atoms with Crippen molar-refractivity contribution in [3.63, 3.8) is 0 Å². The lowest BCUT2D eigenvalue weighted by atomic mass is 9.90. The van der Waals surface area contributed by atoms with E-state index in [9.17, 15) is 9.18 Å². The second kappa shape index (κ2) is 10.0. The molecule has 0 saturated heterocycles. The Morgan fingerprint density at radius 2 is 2.07 bits per heavy atom. The number of allylic oxidation sites excluding steroid dienone is 1. The molecular formula is C23H28FNO2. The molecule has 2 aromatic carbocycles. The molecule has 0 aromatic heterocycles. The number of benzene rings is 2. The molecule has 2 aromatic rings. The average Bonchev–Trinajstić information content (AvgIpc) is 2.64. The number of hydrogen-bond acceptors (Lipinski definition) is 3. The summed E-state index contributed by atoms with van der Waals surface area (Å²) in [7, 11) is 1.35. The van der Waals surface area contributed by atoms with E-state index in [0.717, 1.165) is 53.5 Å². The normalized spacial score (nSPS) is 11.9. The van der Waals surface area contributed by atoms with Gasteiger partial charge in [0.25, 0.3) is 0 Å². The van der Waals surface area contributed by atoms with Crippen molar-refractivity contribution < 1.29 is 13.9 Å². The van der Waals surface area contributed by atoms with E-state index < -0.39 is 6.04 Å². The van der Waals surface area contributed by atoms with Crippen molar-refractivity contribution in [1.82, 2.24) is 0 Å². The fourth-order valence-corrected chi connectivity index (χ4v) is 3.33. The summed E-state index contributed by atoms with van der Waals surface area (Å²) in [5.41, 5.74) is 10.9. The molecule has 27 heavy (non-hydrogen) atoms. The second-order valence-electron chi connectivity index (χ2n) is 6.80. The third kappa shape index (κ3) is 5.76. The monoisotopic (exact) mass is 369 g/mol. The van der Waals surface area contributed by atoms with Crippen molar-refractivity contribution in [1.29, 1.82) is 0 Å². The number of hydrogen-bond donors (Lipinski definition) is 1. The molecule has 0 spiro atoms. The van der Waals surface area contributed by atoms with Gasteiger partial charge < -0.3 is 10.5 Å². The molecular weight excluding hydrogens is 341 g/mol. The Hall–Kier alpha value is -2.46. The molecule has 4 heteroatoms. The van der Waals surface area contributed by atoms with Gasteiger partial charge in [0, 0.05) is 6.04 Å². The van der Waals surface area contributed by atoms with E-state index in [1.807, 2.05) is 37.3 Å². The third-order valence-electron chi connectivity index (χ3n) is 4.70. The van der Waals surface area contributed by atoms with Crippen LogP contribution in [0.2, 0.25) is 0 Å². The van der Waals surface area contributed by atoms with Crippen molar-refractivity contribution >= 4 is 5.97 Å². The van der Waals surface area contributed by atoms with E-state index >= 15 is 0 Å². The lowest BCUT2D eigenvalue weighted by Crippen LogP contribution is -2.16. The Kier molecular flexibility index (Phi) is 7.74. The zero-order valence-corrected chi connectivity index (χ0v) is 16.1. The molecule has 0 aliphatic heterocycles. The van der Waals surface area contributed by atoms with Gasteiger partial charge in [-0.25, -0.2) is 4.39 Å². The van der Waals surface area contributed by atoms with Crippen molar-refractivity contribution in [2.24, 2.45) is 5.73 Å². The Labute approximate surface area is 161 Å². The van der Waals surface area contributed by atoms with E-state index in [0.29, 0.717) is 0 Å². The highest BCUT2D eigenvalue weighted by Gasteiger charge is 2.15. The number of methoxy groups -OCH3 is 1. The summed E-state index contributed by atoms with van der Waals surface area (Å²) in [6, 6.07) is 10.6. The molecule has 3 nitrogen and oxygen atoms in total. The fraction of sp³-hybridized carbons (Fsp3) is 0.348. The van der Waals surface area contributed by atoms with E-state index in [1.54, 1.807) is 12.1 Å². The van der Waals surface area contributed by atoms with Crippen molar-refractivity contribution in [2.45, 2.75) is 45.1 Å². The summed E-state index contributed by atoms with van der Waals surface area (Å²) in [5, 5.41) is 0. The van der Waals surface area contributed by atoms with Crippen LogP contribution in [-0.4, -0.2) is 13.1 Å². The minimum absolute atomic E-state index is 0.122. The highest BCUT2D eigenvalue weighted by Crippen LogP contribution is 2.31. The van der Waals surface area contributed by atoms with E-state index in [4.69, 9.17) is 10.5 Å². The average molecular weight is 369 g/mol. The lowest BCUT2D eigenvalue weighted by molar-refractivity contribution is -0.141. The molecule has 0 unspecified atom stereocenters. The minimum Gasteiger partial charge on any atom is -0.469 e. The number of esters is 1. The maximum atomic E-state index is 14.0. The molecule has 0 aliphatic rings. The second-order valence-corrected chi connectivity index (χ2v) is 6.80. The zero-order valence-electron chi connectivity index (χ0n) is 16.1. The van der Waals surface area contributed by atoms with Gasteiger partial charge in [0.15, 0.2) is 0 Å². The maximum absolute atomic E-state index is 14.0. The van der Waals surface area contributed by atoms with Gasteiger partial charge in [0.05, 0.1) is 13.5 Å². The molecule has 0 saturated carbocycles. The summed E-state index contributed by atoms with van der Waals surface area (Å²) >= 11 is 0. The smallest absolute Gasteiger partial charge is 0.307 e. The summed E-state index contributed by atoms with van der Waals surface area (Å²) in [6.45, 7) is 5.67. The molecule has 0 fully saturated rings. The maximum Gasteiger partial charge on any atom is 0.307 e. The van der Waals surface area contributed by atoms with E-state index in [-0.39, 0.29) is 18.2 Å². The number of halogens is 1. The SMILES string of the molecule is C=CCCCCc1cc(F)cc(C)c1-c1cccc([C@@H](N)CC(=O)OC)c1. The molecule has 2 N–H and O–H groups in total. The van der Waals surface area contributed by atoms with E-state index in [2.05, 4.69) is 6.58 Å². The quantitative estimate of drug-likeness (QED) is 0.372.